The van der Waals surface area contributed by atoms with E-state index in [0.717, 1.165) is 0 Å². The van der Waals surface area contributed by atoms with E-state index in [-0.39, 0.29) is 5.75 Å². The lowest BCUT2D eigenvalue weighted by atomic mass is 10.2. The van der Waals surface area contributed by atoms with E-state index in [9.17, 15) is 9.59 Å². The average molecular weight is 332 g/mol. The summed E-state index contributed by atoms with van der Waals surface area (Å²) in [6.07, 6.45) is 0. The van der Waals surface area contributed by atoms with Crippen LogP contribution < -0.4 is 15.4 Å². The van der Waals surface area contributed by atoms with Gasteiger partial charge < -0.3 is 10.5 Å². The van der Waals surface area contributed by atoms with Crippen molar-refractivity contribution in [2.75, 3.05) is 4.90 Å². The number of benzene rings is 3. The number of carbonyl (C=O) groups is 2. The summed E-state index contributed by atoms with van der Waals surface area (Å²) in [6, 6.07) is 23.7. The molecule has 3 rings (SSSR count). The molecule has 0 unspecified atom stereocenters. The molecule has 0 atom stereocenters. The maximum Gasteiger partial charge on any atom is 0.343 e. The van der Waals surface area contributed by atoms with E-state index < -0.39 is 12.0 Å². The second-order valence-corrected chi connectivity index (χ2v) is 5.23. The summed E-state index contributed by atoms with van der Waals surface area (Å²) in [4.78, 5) is 25.7. The van der Waals surface area contributed by atoms with Gasteiger partial charge in [0.25, 0.3) is 0 Å². The number of amides is 2. The van der Waals surface area contributed by atoms with Crippen LogP contribution >= 0.6 is 0 Å². The van der Waals surface area contributed by atoms with E-state index in [1.54, 1.807) is 72.8 Å². The lowest BCUT2D eigenvalue weighted by molar-refractivity contribution is 0.0735. The van der Waals surface area contributed by atoms with Gasteiger partial charge in [0.05, 0.1) is 16.9 Å². The van der Waals surface area contributed by atoms with Gasteiger partial charge in [-0.25, -0.2) is 9.59 Å². The molecule has 25 heavy (non-hydrogen) atoms. The van der Waals surface area contributed by atoms with Crippen LogP contribution in [0.2, 0.25) is 0 Å². The average Bonchev–Trinajstić information content (AvgIpc) is 2.64. The van der Waals surface area contributed by atoms with Gasteiger partial charge in [0.2, 0.25) is 0 Å². The van der Waals surface area contributed by atoms with E-state index in [0.29, 0.717) is 16.9 Å². The van der Waals surface area contributed by atoms with Crippen molar-refractivity contribution in [2.45, 2.75) is 0 Å². The molecular formula is C20H16N2O3. The van der Waals surface area contributed by atoms with Crippen molar-refractivity contribution < 1.29 is 14.3 Å². The molecule has 0 saturated carbocycles. The Morgan fingerprint density at radius 3 is 1.96 bits per heavy atom. The van der Waals surface area contributed by atoms with Gasteiger partial charge in [-0.15, -0.1) is 0 Å². The van der Waals surface area contributed by atoms with Gasteiger partial charge in [0.1, 0.15) is 0 Å². The third-order valence-electron chi connectivity index (χ3n) is 3.55. The van der Waals surface area contributed by atoms with Gasteiger partial charge in [0.15, 0.2) is 5.75 Å². The molecule has 0 saturated heterocycles. The van der Waals surface area contributed by atoms with Gasteiger partial charge in [-0.3, -0.25) is 4.90 Å². The summed E-state index contributed by atoms with van der Waals surface area (Å²) in [5.41, 5.74) is 6.95. The topological polar surface area (TPSA) is 72.6 Å². The molecule has 124 valence electrons. The van der Waals surface area contributed by atoms with E-state index in [1.165, 1.54) is 4.90 Å². The number of esters is 1. The van der Waals surface area contributed by atoms with Crippen LogP contribution in [0.4, 0.5) is 16.2 Å². The Bertz CT molecular complexity index is 880. The highest BCUT2D eigenvalue weighted by Crippen LogP contribution is 2.33. The molecule has 2 N–H and O–H groups in total. The zero-order valence-corrected chi connectivity index (χ0v) is 13.3. The molecule has 0 spiro atoms. The second-order valence-electron chi connectivity index (χ2n) is 5.23. The molecule has 0 aliphatic rings. The maximum absolute atomic E-state index is 12.3. The highest BCUT2D eigenvalue weighted by Gasteiger charge is 2.20. The minimum Gasteiger partial charge on any atom is -0.421 e. The summed E-state index contributed by atoms with van der Waals surface area (Å²) in [6.45, 7) is 0. The minimum atomic E-state index is -0.672. The molecule has 0 bridgehead atoms. The number of ether oxygens (including phenoxy) is 1. The van der Waals surface area contributed by atoms with E-state index >= 15 is 0 Å². The van der Waals surface area contributed by atoms with Crippen LogP contribution in [0.15, 0.2) is 84.9 Å². The number of carbonyl (C=O) groups excluding carboxylic acids is 2. The molecule has 0 fully saturated rings. The number of nitrogens with two attached hydrogens (primary N) is 1. The Kier molecular flexibility index (Phi) is 4.76. The van der Waals surface area contributed by atoms with E-state index in [2.05, 4.69) is 0 Å². The van der Waals surface area contributed by atoms with Crippen molar-refractivity contribution in [3.8, 4) is 5.75 Å². The van der Waals surface area contributed by atoms with Crippen molar-refractivity contribution in [3.63, 3.8) is 0 Å². The van der Waals surface area contributed by atoms with Gasteiger partial charge in [-0.1, -0.05) is 48.5 Å². The number of urea groups is 1. The minimum absolute atomic E-state index is 0.249. The van der Waals surface area contributed by atoms with Gasteiger partial charge in [0, 0.05) is 0 Å². The van der Waals surface area contributed by atoms with Crippen molar-refractivity contribution in [1.82, 2.24) is 0 Å². The van der Waals surface area contributed by atoms with Crippen molar-refractivity contribution in [2.24, 2.45) is 5.73 Å². The quantitative estimate of drug-likeness (QED) is 0.577. The number of hydrogen-bond donors (Lipinski definition) is 1. The third kappa shape index (κ3) is 3.67. The lowest BCUT2D eigenvalue weighted by Gasteiger charge is -2.22. The smallest absolute Gasteiger partial charge is 0.343 e. The number of para-hydroxylation sites is 3. The number of primary amides is 1. The van der Waals surface area contributed by atoms with Crippen molar-refractivity contribution in [1.29, 1.82) is 0 Å². The molecule has 0 aromatic heterocycles. The van der Waals surface area contributed by atoms with Gasteiger partial charge >= 0.3 is 12.0 Å². The molecular weight excluding hydrogens is 316 g/mol. The van der Waals surface area contributed by atoms with Crippen molar-refractivity contribution in [3.05, 3.63) is 90.5 Å². The van der Waals surface area contributed by atoms with Gasteiger partial charge in [-0.2, -0.15) is 0 Å². The predicted octanol–water partition coefficient (Wildman–Crippen LogP) is 4.12. The maximum atomic E-state index is 12.3. The molecule has 0 radical (unpaired) electrons. The lowest BCUT2D eigenvalue weighted by Crippen LogP contribution is -2.31. The Balaban J connectivity index is 1.97. The summed E-state index contributed by atoms with van der Waals surface area (Å²) >= 11 is 0. The first-order valence-corrected chi connectivity index (χ1v) is 7.67. The van der Waals surface area contributed by atoms with Crippen LogP contribution in [0.25, 0.3) is 0 Å². The Morgan fingerprint density at radius 2 is 1.32 bits per heavy atom. The first-order chi connectivity index (χ1) is 12.2. The molecule has 5 nitrogen and oxygen atoms in total. The third-order valence-corrected chi connectivity index (χ3v) is 3.55. The van der Waals surface area contributed by atoms with Crippen LogP contribution in [0.1, 0.15) is 10.4 Å². The first-order valence-electron chi connectivity index (χ1n) is 7.67. The highest BCUT2D eigenvalue weighted by molar-refractivity contribution is 6.01. The number of rotatable bonds is 4. The highest BCUT2D eigenvalue weighted by atomic mass is 16.5. The van der Waals surface area contributed by atoms with Crippen molar-refractivity contribution >= 4 is 23.4 Å². The zero-order valence-electron chi connectivity index (χ0n) is 13.3. The number of nitrogens with zero attached hydrogens (tertiary/aromatic N) is 1. The fourth-order valence-electron chi connectivity index (χ4n) is 2.42. The predicted molar refractivity (Wildman–Crippen MR) is 96.0 cm³/mol. The molecule has 0 aliphatic heterocycles. The summed E-state index contributed by atoms with van der Waals surface area (Å²) < 4.78 is 5.50. The summed E-state index contributed by atoms with van der Waals surface area (Å²) in [5, 5.41) is 0. The van der Waals surface area contributed by atoms with E-state index in [1.807, 2.05) is 12.1 Å². The summed E-state index contributed by atoms with van der Waals surface area (Å²) in [7, 11) is 0. The largest absolute Gasteiger partial charge is 0.421 e. The first kappa shape index (κ1) is 16.3. The van der Waals surface area contributed by atoms with Crippen LogP contribution in [-0.2, 0) is 0 Å². The summed E-state index contributed by atoms with van der Waals surface area (Å²) in [5.74, 6) is -0.260. The standard InChI is InChI=1S/C20H16N2O3/c21-20(24)22(16-11-5-2-6-12-16)17-13-7-8-14-18(17)25-19(23)15-9-3-1-4-10-15/h1-14H,(H2,21,24). The van der Waals surface area contributed by atoms with Crippen LogP contribution in [0.5, 0.6) is 5.75 Å². The van der Waals surface area contributed by atoms with Crippen LogP contribution in [0.3, 0.4) is 0 Å². The SMILES string of the molecule is NC(=O)N(c1ccccc1)c1ccccc1OC(=O)c1ccccc1. The van der Waals surface area contributed by atoms with E-state index in [4.69, 9.17) is 10.5 Å². The molecule has 5 heteroatoms. The fraction of sp³-hybridized carbons (Fsp3) is 0. The molecule has 0 aliphatic carbocycles. The monoisotopic (exact) mass is 332 g/mol. The van der Waals surface area contributed by atoms with Crippen LogP contribution in [0, 0.1) is 0 Å². The number of anilines is 2. The molecule has 3 aromatic carbocycles. The Hall–Kier alpha value is -3.60. The number of hydrogen-bond acceptors (Lipinski definition) is 3. The normalized spacial score (nSPS) is 10.1. The zero-order chi connectivity index (χ0) is 17.6. The van der Waals surface area contributed by atoms with Crippen LogP contribution in [-0.4, -0.2) is 12.0 Å². The fourth-order valence-corrected chi connectivity index (χ4v) is 2.42. The van der Waals surface area contributed by atoms with Gasteiger partial charge in [-0.05, 0) is 36.4 Å². The molecule has 0 heterocycles. The Morgan fingerprint density at radius 1 is 0.760 bits per heavy atom. The molecule has 3 aromatic rings. The molecule has 2 amide bonds. The second kappa shape index (κ2) is 7.31. The Labute approximate surface area is 145 Å².